The molecule has 5 heteroatoms. The van der Waals surface area contributed by atoms with E-state index in [2.05, 4.69) is 29.2 Å². The number of ether oxygens (including phenoxy) is 2. The van der Waals surface area contributed by atoms with Crippen molar-refractivity contribution in [3.05, 3.63) is 59.1 Å². The van der Waals surface area contributed by atoms with Gasteiger partial charge in [-0.3, -0.25) is 9.69 Å². The summed E-state index contributed by atoms with van der Waals surface area (Å²) < 4.78 is 11.0. The third-order valence-corrected chi connectivity index (χ3v) is 6.18. The zero-order valence-corrected chi connectivity index (χ0v) is 19.3. The van der Waals surface area contributed by atoms with Crippen LogP contribution in [0.1, 0.15) is 56.9 Å². The Morgan fingerprint density at radius 2 is 1.65 bits per heavy atom. The number of benzene rings is 2. The Balaban J connectivity index is 1.41. The summed E-state index contributed by atoms with van der Waals surface area (Å²) in [6.45, 7) is 2.82. The molecule has 168 valence electrons. The van der Waals surface area contributed by atoms with Crippen LogP contribution in [0.5, 0.6) is 0 Å². The van der Waals surface area contributed by atoms with Gasteiger partial charge in [0.2, 0.25) is 0 Å². The second-order valence-corrected chi connectivity index (χ2v) is 8.68. The Labute approximate surface area is 191 Å². The van der Waals surface area contributed by atoms with Gasteiger partial charge in [0.1, 0.15) is 6.23 Å². The molecule has 1 saturated heterocycles. The van der Waals surface area contributed by atoms with Crippen LogP contribution >= 0.6 is 11.6 Å². The third kappa shape index (κ3) is 7.95. The molecule has 1 heterocycles. The first-order valence-corrected chi connectivity index (χ1v) is 11.8. The number of hydrogen-bond donors (Lipinski definition) is 0. The molecular weight excluding hydrogens is 410 g/mol. The second-order valence-electron chi connectivity index (χ2n) is 8.24. The number of carbonyl (C=O) groups is 1. The summed E-state index contributed by atoms with van der Waals surface area (Å²) in [7, 11) is 1.45. The van der Waals surface area contributed by atoms with Crippen LogP contribution in [0.4, 0.5) is 0 Å². The second kappa shape index (κ2) is 12.8. The average Bonchev–Trinajstić information content (AvgIpc) is 2.81. The molecule has 0 saturated carbocycles. The fraction of sp³-hybridized carbons (Fsp3) is 0.500. The first kappa shape index (κ1) is 23.8. The monoisotopic (exact) mass is 443 g/mol. The molecule has 1 unspecified atom stereocenters. The molecule has 1 aliphatic heterocycles. The van der Waals surface area contributed by atoms with Crippen LogP contribution < -0.4 is 0 Å². The Hall–Kier alpha value is -1.88. The molecule has 0 spiro atoms. The Morgan fingerprint density at radius 3 is 2.35 bits per heavy atom. The van der Waals surface area contributed by atoms with E-state index < -0.39 is 0 Å². The predicted octanol–water partition coefficient (Wildman–Crippen LogP) is 6.46. The summed E-state index contributed by atoms with van der Waals surface area (Å²) in [4.78, 5) is 13.7. The minimum absolute atomic E-state index is 0.106. The van der Waals surface area contributed by atoms with E-state index in [1.807, 2.05) is 24.3 Å². The molecule has 1 aliphatic rings. The van der Waals surface area contributed by atoms with Crippen LogP contribution in [0.25, 0.3) is 11.1 Å². The van der Waals surface area contributed by atoms with Crippen LogP contribution in [0.2, 0.25) is 5.02 Å². The normalized spacial score (nSPS) is 16.9. The van der Waals surface area contributed by atoms with Crippen molar-refractivity contribution in [1.29, 1.82) is 0 Å². The van der Waals surface area contributed by atoms with Crippen LogP contribution in [0, 0.1) is 0 Å². The Bertz CT molecular complexity index is 791. The van der Waals surface area contributed by atoms with Gasteiger partial charge in [0, 0.05) is 24.5 Å². The fourth-order valence-corrected chi connectivity index (χ4v) is 4.20. The molecular formula is C26H34ClNO3. The van der Waals surface area contributed by atoms with Gasteiger partial charge >= 0.3 is 5.97 Å². The predicted molar refractivity (Wildman–Crippen MR) is 126 cm³/mol. The number of rotatable bonds is 11. The van der Waals surface area contributed by atoms with E-state index in [-0.39, 0.29) is 12.2 Å². The topological polar surface area (TPSA) is 38.8 Å². The van der Waals surface area contributed by atoms with Gasteiger partial charge in [-0.15, -0.1) is 0 Å². The summed E-state index contributed by atoms with van der Waals surface area (Å²) in [6.07, 6.45) is 8.61. The SMILES string of the molecule is COC(=O)CCCCCCN1CCCCC1OCc1ccc(-c2ccc(Cl)cc2)cc1. The number of methoxy groups -OCH3 is 1. The fourth-order valence-electron chi connectivity index (χ4n) is 4.07. The van der Waals surface area contributed by atoms with E-state index in [9.17, 15) is 4.79 Å². The molecule has 31 heavy (non-hydrogen) atoms. The summed E-state index contributed by atoms with van der Waals surface area (Å²) in [5.41, 5.74) is 3.56. The number of carbonyl (C=O) groups excluding carboxylic acids is 1. The number of unbranched alkanes of at least 4 members (excludes halogenated alkanes) is 3. The standard InChI is InChI=1S/C26H34ClNO3/c1-30-26(29)9-4-2-3-6-18-28-19-7-5-8-25(28)31-20-21-10-12-22(13-11-21)23-14-16-24(27)17-15-23/h10-17,25H,2-9,18-20H2,1H3. The average molecular weight is 444 g/mol. The van der Waals surface area contributed by atoms with Gasteiger partial charge in [0.25, 0.3) is 0 Å². The lowest BCUT2D eigenvalue weighted by atomic mass is 10.0. The van der Waals surface area contributed by atoms with Gasteiger partial charge in [0.15, 0.2) is 0 Å². The first-order chi connectivity index (χ1) is 15.2. The highest BCUT2D eigenvalue weighted by atomic mass is 35.5. The minimum Gasteiger partial charge on any atom is -0.469 e. The van der Waals surface area contributed by atoms with Gasteiger partial charge < -0.3 is 9.47 Å². The number of nitrogens with zero attached hydrogens (tertiary/aromatic N) is 1. The lowest BCUT2D eigenvalue weighted by Gasteiger charge is -2.35. The third-order valence-electron chi connectivity index (χ3n) is 5.93. The van der Waals surface area contributed by atoms with E-state index in [1.54, 1.807) is 0 Å². The summed E-state index contributed by atoms with van der Waals surface area (Å²) in [6, 6.07) is 16.5. The van der Waals surface area contributed by atoms with Crippen molar-refractivity contribution < 1.29 is 14.3 Å². The van der Waals surface area contributed by atoms with Gasteiger partial charge in [0.05, 0.1) is 13.7 Å². The van der Waals surface area contributed by atoms with Crippen molar-refractivity contribution in [3.63, 3.8) is 0 Å². The lowest BCUT2D eigenvalue weighted by molar-refractivity contribution is -0.140. The maximum atomic E-state index is 11.2. The maximum absolute atomic E-state index is 11.2. The summed E-state index contributed by atoms with van der Waals surface area (Å²) in [5.74, 6) is -0.106. The molecule has 0 aliphatic carbocycles. The van der Waals surface area contributed by atoms with Gasteiger partial charge in [-0.25, -0.2) is 0 Å². The lowest BCUT2D eigenvalue weighted by Crippen LogP contribution is -2.41. The van der Waals surface area contributed by atoms with Gasteiger partial charge in [-0.05, 0) is 60.9 Å². The van der Waals surface area contributed by atoms with Crippen molar-refractivity contribution in [2.75, 3.05) is 20.2 Å². The zero-order valence-electron chi connectivity index (χ0n) is 18.5. The molecule has 0 amide bonds. The van der Waals surface area contributed by atoms with Crippen LogP contribution in [-0.2, 0) is 20.9 Å². The van der Waals surface area contributed by atoms with Crippen molar-refractivity contribution in [2.24, 2.45) is 0 Å². The van der Waals surface area contributed by atoms with E-state index >= 15 is 0 Å². The van der Waals surface area contributed by atoms with Crippen molar-refractivity contribution in [2.45, 2.75) is 64.2 Å². The molecule has 0 N–H and O–H groups in total. The molecule has 0 aromatic heterocycles. The Kier molecular flexibility index (Phi) is 9.85. The van der Waals surface area contributed by atoms with E-state index in [4.69, 9.17) is 21.1 Å². The highest BCUT2D eigenvalue weighted by Crippen LogP contribution is 2.24. The molecule has 1 atom stereocenters. The molecule has 2 aromatic carbocycles. The molecule has 0 radical (unpaired) electrons. The zero-order chi connectivity index (χ0) is 21.9. The van der Waals surface area contributed by atoms with E-state index in [0.717, 1.165) is 50.2 Å². The number of piperidine rings is 1. The van der Waals surface area contributed by atoms with Crippen molar-refractivity contribution in [3.8, 4) is 11.1 Å². The molecule has 2 aromatic rings. The van der Waals surface area contributed by atoms with E-state index in [1.165, 1.54) is 36.6 Å². The smallest absolute Gasteiger partial charge is 0.305 e. The number of likely N-dealkylation sites (tertiary alicyclic amines) is 1. The maximum Gasteiger partial charge on any atom is 0.305 e. The van der Waals surface area contributed by atoms with Crippen LogP contribution in [0.15, 0.2) is 48.5 Å². The van der Waals surface area contributed by atoms with Crippen LogP contribution in [0.3, 0.4) is 0 Å². The first-order valence-electron chi connectivity index (χ1n) is 11.4. The quantitative estimate of drug-likeness (QED) is 0.295. The molecule has 3 rings (SSSR count). The summed E-state index contributed by atoms with van der Waals surface area (Å²) in [5, 5.41) is 0.756. The van der Waals surface area contributed by atoms with Crippen molar-refractivity contribution in [1.82, 2.24) is 4.90 Å². The summed E-state index contributed by atoms with van der Waals surface area (Å²) >= 11 is 5.98. The molecule has 1 fully saturated rings. The largest absolute Gasteiger partial charge is 0.469 e. The molecule has 4 nitrogen and oxygen atoms in total. The Morgan fingerprint density at radius 1 is 0.968 bits per heavy atom. The molecule has 0 bridgehead atoms. The number of esters is 1. The van der Waals surface area contributed by atoms with Gasteiger partial charge in [-0.1, -0.05) is 60.8 Å². The van der Waals surface area contributed by atoms with E-state index in [0.29, 0.717) is 13.0 Å². The highest BCUT2D eigenvalue weighted by molar-refractivity contribution is 6.30. The number of hydrogen-bond acceptors (Lipinski definition) is 4. The highest BCUT2D eigenvalue weighted by Gasteiger charge is 2.22. The minimum atomic E-state index is -0.106. The van der Waals surface area contributed by atoms with Gasteiger partial charge in [-0.2, -0.15) is 0 Å². The number of halogens is 1. The van der Waals surface area contributed by atoms with Crippen LogP contribution in [-0.4, -0.2) is 37.3 Å². The van der Waals surface area contributed by atoms with Crippen molar-refractivity contribution >= 4 is 17.6 Å².